The molecule has 6 heteroatoms. The Morgan fingerprint density at radius 3 is 2.91 bits per heavy atom. The largest absolute Gasteiger partial charge is 0.495 e. The van der Waals surface area contributed by atoms with Crippen molar-refractivity contribution in [3.05, 3.63) is 53.4 Å². The molecule has 0 aliphatic rings. The summed E-state index contributed by atoms with van der Waals surface area (Å²) in [6.45, 7) is 0. The zero-order chi connectivity index (χ0) is 16.2. The number of aromatic nitrogens is 1. The fourth-order valence-electron chi connectivity index (χ4n) is 2.24. The lowest BCUT2D eigenvalue weighted by molar-refractivity contribution is -0.116. The highest BCUT2D eigenvalue weighted by molar-refractivity contribution is 6.31. The highest BCUT2D eigenvalue weighted by Gasteiger charge is 2.11. The SMILES string of the molecule is COc1ccc(Cl)cc1NC(=O)CCc1nc2ccccc2o1. The molecule has 1 aromatic heterocycles. The maximum absolute atomic E-state index is 12.1. The highest BCUT2D eigenvalue weighted by Crippen LogP contribution is 2.27. The van der Waals surface area contributed by atoms with E-state index in [1.807, 2.05) is 24.3 Å². The first-order valence-corrected chi connectivity index (χ1v) is 7.51. The van der Waals surface area contributed by atoms with Gasteiger partial charge in [-0.05, 0) is 30.3 Å². The molecule has 0 unspecified atom stereocenters. The maximum Gasteiger partial charge on any atom is 0.224 e. The molecule has 0 radical (unpaired) electrons. The molecule has 3 rings (SSSR count). The van der Waals surface area contributed by atoms with Gasteiger partial charge in [0.25, 0.3) is 0 Å². The Kier molecular flexibility index (Phi) is 4.48. The molecule has 5 nitrogen and oxygen atoms in total. The van der Waals surface area contributed by atoms with Crippen LogP contribution in [0.15, 0.2) is 46.9 Å². The molecule has 0 bridgehead atoms. The molecular formula is C17H15ClN2O3. The number of oxazole rings is 1. The summed E-state index contributed by atoms with van der Waals surface area (Å²) in [5.74, 6) is 0.942. The van der Waals surface area contributed by atoms with Gasteiger partial charge in [-0.2, -0.15) is 0 Å². The van der Waals surface area contributed by atoms with Crippen LogP contribution in [-0.2, 0) is 11.2 Å². The number of carbonyl (C=O) groups excluding carboxylic acids is 1. The van der Waals surface area contributed by atoms with Gasteiger partial charge in [0, 0.05) is 17.9 Å². The second-order valence-electron chi connectivity index (χ2n) is 4.97. The molecule has 0 aliphatic carbocycles. The van der Waals surface area contributed by atoms with Gasteiger partial charge >= 0.3 is 0 Å². The van der Waals surface area contributed by atoms with Gasteiger partial charge in [0.2, 0.25) is 5.91 Å². The number of carbonyl (C=O) groups is 1. The van der Waals surface area contributed by atoms with Crippen LogP contribution in [0.2, 0.25) is 5.02 Å². The average Bonchev–Trinajstić information content (AvgIpc) is 2.96. The number of benzene rings is 2. The minimum absolute atomic E-state index is 0.159. The van der Waals surface area contributed by atoms with Crippen molar-refractivity contribution in [1.82, 2.24) is 4.98 Å². The molecule has 0 saturated heterocycles. The summed E-state index contributed by atoms with van der Waals surface area (Å²) < 4.78 is 10.8. The highest BCUT2D eigenvalue weighted by atomic mass is 35.5. The molecule has 0 saturated carbocycles. The third-order valence-electron chi connectivity index (χ3n) is 3.34. The van der Waals surface area contributed by atoms with Gasteiger partial charge in [-0.15, -0.1) is 0 Å². The number of halogens is 1. The molecule has 1 amide bonds. The van der Waals surface area contributed by atoms with Crippen molar-refractivity contribution < 1.29 is 13.9 Å². The standard InChI is InChI=1S/C17H15ClN2O3/c1-22-14-7-6-11(18)10-13(14)19-16(21)8-9-17-20-12-4-2-3-5-15(12)23-17/h2-7,10H,8-9H2,1H3,(H,19,21). The number of anilines is 1. The summed E-state index contributed by atoms with van der Waals surface area (Å²) in [5, 5.41) is 3.32. The van der Waals surface area contributed by atoms with Crippen molar-refractivity contribution in [2.24, 2.45) is 0 Å². The van der Waals surface area contributed by atoms with Crippen LogP contribution >= 0.6 is 11.6 Å². The van der Waals surface area contributed by atoms with Crippen LogP contribution in [0.4, 0.5) is 5.69 Å². The molecule has 23 heavy (non-hydrogen) atoms. The van der Waals surface area contributed by atoms with Gasteiger partial charge in [-0.25, -0.2) is 4.98 Å². The lowest BCUT2D eigenvalue weighted by atomic mass is 10.2. The fraction of sp³-hybridized carbons (Fsp3) is 0.176. The van der Waals surface area contributed by atoms with E-state index in [4.69, 9.17) is 20.8 Å². The van der Waals surface area contributed by atoms with Crippen molar-refractivity contribution in [1.29, 1.82) is 0 Å². The quantitative estimate of drug-likeness (QED) is 0.766. The van der Waals surface area contributed by atoms with Gasteiger partial charge in [-0.3, -0.25) is 4.79 Å². The van der Waals surface area contributed by atoms with Gasteiger partial charge < -0.3 is 14.5 Å². The fourth-order valence-corrected chi connectivity index (χ4v) is 2.41. The second-order valence-corrected chi connectivity index (χ2v) is 5.40. The van der Waals surface area contributed by atoms with Gasteiger partial charge in [0.05, 0.1) is 12.8 Å². The first-order valence-electron chi connectivity index (χ1n) is 7.13. The van der Waals surface area contributed by atoms with Gasteiger partial charge in [0.1, 0.15) is 11.3 Å². The number of aryl methyl sites for hydroxylation is 1. The van der Waals surface area contributed by atoms with Crippen LogP contribution < -0.4 is 10.1 Å². The molecule has 0 atom stereocenters. The molecule has 0 aliphatic heterocycles. The Morgan fingerprint density at radius 1 is 1.30 bits per heavy atom. The minimum atomic E-state index is -0.159. The molecular weight excluding hydrogens is 316 g/mol. The lowest BCUT2D eigenvalue weighted by Gasteiger charge is -2.10. The van der Waals surface area contributed by atoms with E-state index in [0.717, 1.165) is 11.1 Å². The predicted molar refractivity (Wildman–Crippen MR) is 89.0 cm³/mol. The van der Waals surface area contributed by atoms with Crippen molar-refractivity contribution in [2.75, 3.05) is 12.4 Å². The monoisotopic (exact) mass is 330 g/mol. The first kappa shape index (κ1) is 15.4. The van der Waals surface area contributed by atoms with Crippen molar-refractivity contribution >= 4 is 34.3 Å². The van der Waals surface area contributed by atoms with Crippen LogP contribution in [0.3, 0.4) is 0 Å². The van der Waals surface area contributed by atoms with E-state index in [2.05, 4.69) is 10.3 Å². The van der Waals surface area contributed by atoms with Crippen molar-refractivity contribution in [3.63, 3.8) is 0 Å². The number of fused-ring (bicyclic) bond motifs is 1. The second kappa shape index (κ2) is 6.71. The van der Waals surface area contributed by atoms with Crippen LogP contribution in [0.5, 0.6) is 5.75 Å². The number of rotatable bonds is 5. The van der Waals surface area contributed by atoms with Gasteiger partial charge in [0.15, 0.2) is 11.5 Å². The number of hydrogen-bond donors (Lipinski definition) is 1. The molecule has 0 fully saturated rings. The number of amides is 1. The number of hydrogen-bond acceptors (Lipinski definition) is 4. The van der Waals surface area contributed by atoms with Gasteiger partial charge in [-0.1, -0.05) is 23.7 Å². The summed E-state index contributed by atoms with van der Waals surface area (Å²) >= 11 is 5.94. The molecule has 1 heterocycles. The van der Waals surface area contributed by atoms with Crippen molar-refractivity contribution in [3.8, 4) is 5.75 Å². The maximum atomic E-state index is 12.1. The van der Waals surface area contributed by atoms with E-state index in [1.165, 1.54) is 7.11 Å². The first-order chi connectivity index (χ1) is 11.2. The lowest BCUT2D eigenvalue weighted by Crippen LogP contribution is -2.13. The van der Waals surface area contributed by atoms with E-state index in [1.54, 1.807) is 18.2 Å². The molecule has 0 spiro atoms. The Bertz CT molecular complexity index is 812. The Balaban J connectivity index is 1.64. The van der Waals surface area contributed by atoms with Crippen LogP contribution in [0, 0.1) is 0 Å². The van der Waals surface area contributed by atoms with Crippen LogP contribution in [-0.4, -0.2) is 18.0 Å². The Hall–Kier alpha value is -2.53. The number of ether oxygens (including phenoxy) is 1. The number of nitrogens with zero attached hydrogens (tertiary/aromatic N) is 1. The topological polar surface area (TPSA) is 64.4 Å². The van der Waals surface area contributed by atoms with E-state index < -0.39 is 0 Å². The summed E-state index contributed by atoms with van der Waals surface area (Å²) in [4.78, 5) is 16.4. The summed E-state index contributed by atoms with van der Waals surface area (Å²) in [7, 11) is 1.54. The van der Waals surface area contributed by atoms with E-state index in [0.29, 0.717) is 28.8 Å². The van der Waals surface area contributed by atoms with E-state index in [-0.39, 0.29) is 12.3 Å². The third kappa shape index (κ3) is 3.63. The molecule has 118 valence electrons. The van der Waals surface area contributed by atoms with E-state index in [9.17, 15) is 4.79 Å². The zero-order valence-corrected chi connectivity index (χ0v) is 13.3. The predicted octanol–water partition coefficient (Wildman–Crippen LogP) is 4.06. The number of para-hydroxylation sites is 2. The summed E-state index contributed by atoms with van der Waals surface area (Å²) in [6.07, 6.45) is 0.673. The smallest absolute Gasteiger partial charge is 0.224 e. The van der Waals surface area contributed by atoms with Crippen LogP contribution in [0.1, 0.15) is 12.3 Å². The molecule has 2 aromatic carbocycles. The van der Waals surface area contributed by atoms with E-state index >= 15 is 0 Å². The third-order valence-corrected chi connectivity index (χ3v) is 3.57. The summed E-state index contributed by atoms with van der Waals surface area (Å²) in [6, 6.07) is 12.6. The molecule has 3 aromatic rings. The Morgan fingerprint density at radius 2 is 2.13 bits per heavy atom. The Labute approximate surface area is 138 Å². The average molecular weight is 331 g/mol. The van der Waals surface area contributed by atoms with Crippen molar-refractivity contribution in [2.45, 2.75) is 12.8 Å². The normalized spacial score (nSPS) is 10.7. The minimum Gasteiger partial charge on any atom is -0.495 e. The van der Waals surface area contributed by atoms with Crippen LogP contribution in [0.25, 0.3) is 11.1 Å². The number of methoxy groups -OCH3 is 1. The zero-order valence-electron chi connectivity index (χ0n) is 12.5. The molecule has 1 N–H and O–H groups in total. The summed E-state index contributed by atoms with van der Waals surface area (Å²) in [5.41, 5.74) is 2.06. The number of nitrogens with one attached hydrogen (secondary N) is 1.